The van der Waals surface area contributed by atoms with Crippen LogP contribution in [0.2, 0.25) is 0 Å². The molecule has 0 aliphatic rings. The summed E-state index contributed by atoms with van der Waals surface area (Å²) < 4.78 is 12.0. The van der Waals surface area contributed by atoms with Gasteiger partial charge in [0, 0.05) is 12.6 Å². The Labute approximate surface area is 142 Å². The van der Waals surface area contributed by atoms with Crippen LogP contribution < -0.4 is 14.8 Å². The van der Waals surface area contributed by atoms with E-state index in [1.54, 1.807) is 32.4 Å². The van der Waals surface area contributed by atoms with Crippen LogP contribution in [0.15, 0.2) is 23.4 Å². The van der Waals surface area contributed by atoms with Crippen LogP contribution in [0.5, 0.6) is 11.5 Å². The third-order valence-corrected chi connectivity index (χ3v) is 3.87. The third-order valence-electron chi connectivity index (χ3n) is 2.95. The average Bonchev–Trinajstić information content (AvgIpc) is 3.08. The Morgan fingerprint density at radius 3 is 2.96 bits per heavy atom. The number of thioether (sulfide) groups is 1. The fourth-order valence-electron chi connectivity index (χ4n) is 1.82. The maximum Gasteiger partial charge on any atom is 0.230 e. The Balaban J connectivity index is 2.13. The number of rotatable bonds is 8. The Bertz CT molecular complexity index is 742. The Morgan fingerprint density at radius 2 is 2.25 bits per heavy atom. The van der Waals surface area contributed by atoms with Crippen LogP contribution in [0.3, 0.4) is 0 Å². The molecule has 1 N–H and O–H groups in total. The van der Waals surface area contributed by atoms with Crippen LogP contribution >= 0.6 is 11.8 Å². The highest BCUT2D eigenvalue weighted by molar-refractivity contribution is 7.99. The molecule has 0 atom stereocenters. The van der Waals surface area contributed by atoms with Crippen LogP contribution in [0.4, 0.5) is 0 Å². The SMILES string of the molecule is COc1ccc(OC)c(-n2nnnc2SCC(=O)NCCC#N)c1. The second kappa shape index (κ2) is 8.73. The third kappa shape index (κ3) is 4.36. The number of tetrazole rings is 1. The molecule has 1 aromatic carbocycles. The molecule has 0 saturated heterocycles. The summed E-state index contributed by atoms with van der Waals surface area (Å²) in [5.41, 5.74) is 0.606. The van der Waals surface area contributed by atoms with Gasteiger partial charge in [0.2, 0.25) is 11.1 Å². The average molecular weight is 348 g/mol. The molecule has 1 heterocycles. The predicted molar refractivity (Wildman–Crippen MR) is 86.2 cm³/mol. The van der Waals surface area contributed by atoms with Crippen LogP contribution in [-0.4, -0.2) is 52.6 Å². The summed E-state index contributed by atoms with van der Waals surface area (Å²) in [5, 5.41) is 23.1. The summed E-state index contributed by atoms with van der Waals surface area (Å²) in [6, 6.07) is 7.22. The van der Waals surface area contributed by atoms with Crippen molar-refractivity contribution in [3.05, 3.63) is 18.2 Å². The van der Waals surface area contributed by atoms with Crippen molar-refractivity contribution in [2.75, 3.05) is 26.5 Å². The number of carbonyl (C=O) groups excluding carboxylic acids is 1. The molecule has 0 aliphatic carbocycles. The molecule has 0 saturated carbocycles. The van der Waals surface area contributed by atoms with E-state index in [1.807, 2.05) is 6.07 Å². The molecule has 0 unspecified atom stereocenters. The van der Waals surface area contributed by atoms with Gasteiger partial charge in [-0.2, -0.15) is 9.94 Å². The first-order chi connectivity index (χ1) is 11.7. The largest absolute Gasteiger partial charge is 0.497 e. The molecule has 1 aromatic heterocycles. The standard InChI is InChI=1S/C14H16N6O3S/c1-22-10-4-5-12(23-2)11(8-10)20-14(17-18-19-20)24-9-13(21)16-7-3-6-15/h4-5,8H,3,7,9H2,1-2H3,(H,16,21). The van der Waals surface area contributed by atoms with Crippen LogP contribution in [0.1, 0.15) is 6.42 Å². The smallest absolute Gasteiger partial charge is 0.230 e. The first-order valence-corrected chi connectivity index (χ1v) is 7.95. The highest BCUT2D eigenvalue weighted by atomic mass is 32.2. The zero-order valence-electron chi connectivity index (χ0n) is 13.2. The van der Waals surface area contributed by atoms with E-state index in [0.717, 1.165) is 0 Å². The summed E-state index contributed by atoms with van der Waals surface area (Å²) in [5.74, 6) is 1.15. The maximum atomic E-state index is 11.7. The van der Waals surface area contributed by atoms with Crippen molar-refractivity contribution in [1.82, 2.24) is 25.5 Å². The molecule has 2 aromatic rings. The molecule has 1 amide bonds. The number of nitrogens with one attached hydrogen (secondary N) is 1. The molecule has 0 aliphatic heterocycles. The highest BCUT2D eigenvalue weighted by Crippen LogP contribution is 2.29. The first-order valence-electron chi connectivity index (χ1n) is 6.96. The maximum absolute atomic E-state index is 11.7. The molecule has 2 rings (SSSR count). The van der Waals surface area contributed by atoms with Crippen molar-refractivity contribution in [2.45, 2.75) is 11.6 Å². The van der Waals surface area contributed by atoms with Gasteiger partial charge in [0.25, 0.3) is 0 Å². The molecule has 0 radical (unpaired) electrons. The van der Waals surface area contributed by atoms with E-state index < -0.39 is 0 Å². The summed E-state index contributed by atoms with van der Waals surface area (Å²) in [4.78, 5) is 11.7. The van der Waals surface area contributed by atoms with Gasteiger partial charge in [-0.25, -0.2) is 0 Å². The number of aromatic nitrogens is 4. The molecule has 0 bridgehead atoms. The number of carbonyl (C=O) groups is 1. The molecule has 126 valence electrons. The number of hydrogen-bond acceptors (Lipinski definition) is 8. The summed E-state index contributed by atoms with van der Waals surface area (Å²) in [7, 11) is 3.11. The number of nitriles is 1. The van der Waals surface area contributed by atoms with Gasteiger partial charge < -0.3 is 14.8 Å². The van der Waals surface area contributed by atoms with Crippen molar-refractivity contribution in [2.24, 2.45) is 0 Å². The topological polar surface area (TPSA) is 115 Å². The van der Waals surface area contributed by atoms with Gasteiger partial charge in [0.1, 0.15) is 17.2 Å². The van der Waals surface area contributed by atoms with Gasteiger partial charge in [-0.05, 0) is 22.6 Å². The van der Waals surface area contributed by atoms with Crippen LogP contribution in [0, 0.1) is 11.3 Å². The van der Waals surface area contributed by atoms with E-state index in [9.17, 15) is 4.79 Å². The molecule has 0 fully saturated rings. The summed E-state index contributed by atoms with van der Waals surface area (Å²) in [6.07, 6.45) is 0.273. The van der Waals surface area contributed by atoms with Crippen molar-refractivity contribution < 1.29 is 14.3 Å². The fourth-order valence-corrected chi connectivity index (χ4v) is 2.53. The summed E-state index contributed by atoms with van der Waals surface area (Å²) >= 11 is 1.18. The van der Waals surface area contributed by atoms with Gasteiger partial charge >= 0.3 is 0 Å². The Kier molecular flexibility index (Phi) is 6.39. The molecular formula is C14H16N6O3S. The zero-order valence-corrected chi connectivity index (χ0v) is 14.0. The normalized spacial score (nSPS) is 10.0. The molecule has 10 heteroatoms. The van der Waals surface area contributed by atoms with E-state index in [4.69, 9.17) is 14.7 Å². The van der Waals surface area contributed by atoms with E-state index >= 15 is 0 Å². The van der Waals surface area contributed by atoms with Gasteiger partial charge in [-0.3, -0.25) is 4.79 Å². The van der Waals surface area contributed by atoms with E-state index in [1.165, 1.54) is 16.4 Å². The quantitative estimate of drug-likeness (QED) is 0.550. The van der Waals surface area contributed by atoms with Crippen molar-refractivity contribution in [3.63, 3.8) is 0 Å². The van der Waals surface area contributed by atoms with Gasteiger partial charge in [0.05, 0.1) is 32.5 Å². The lowest BCUT2D eigenvalue weighted by molar-refractivity contribution is -0.118. The van der Waals surface area contributed by atoms with Crippen molar-refractivity contribution >= 4 is 17.7 Å². The lowest BCUT2D eigenvalue weighted by Crippen LogP contribution is -2.26. The number of benzene rings is 1. The van der Waals surface area contributed by atoms with Gasteiger partial charge in [-0.15, -0.1) is 5.10 Å². The number of amides is 1. The second-order valence-electron chi connectivity index (χ2n) is 4.46. The zero-order chi connectivity index (χ0) is 17.4. The Hall–Kier alpha value is -2.80. The molecular weight excluding hydrogens is 332 g/mol. The summed E-state index contributed by atoms with van der Waals surface area (Å²) in [6.45, 7) is 0.324. The lowest BCUT2D eigenvalue weighted by atomic mass is 10.3. The van der Waals surface area contributed by atoms with Crippen LogP contribution in [-0.2, 0) is 4.79 Å². The highest BCUT2D eigenvalue weighted by Gasteiger charge is 2.15. The van der Waals surface area contributed by atoms with Gasteiger partial charge in [-0.1, -0.05) is 11.8 Å². The van der Waals surface area contributed by atoms with Crippen molar-refractivity contribution in [3.8, 4) is 23.3 Å². The predicted octanol–water partition coefficient (Wildman–Crippen LogP) is 0.801. The van der Waals surface area contributed by atoms with E-state index in [2.05, 4.69) is 20.8 Å². The lowest BCUT2D eigenvalue weighted by Gasteiger charge is -2.11. The molecule has 24 heavy (non-hydrogen) atoms. The number of methoxy groups -OCH3 is 2. The number of ether oxygens (including phenoxy) is 2. The minimum absolute atomic E-state index is 0.137. The minimum atomic E-state index is -0.192. The van der Waals surface area contributed by atoms with E-state index in [-0.39, 0.29) is 18.1 Å². The monoisotopic (exact) mass is 348 g/mol. The number of hydrogen-bond donors (Lipinski definition) is 1. The second-order valence-corrected chi connectivity index (χ2v) is 5.40. The fraction of sp³-hybridized carbons (Fsp3) is 0.357. The van der Waals surface area contributed by atoms with E-state index in [0.29, 0.717) is 28.9 Å². The first kappa shape index (κ1) is 17.6. The number of nitrogens with zero attached hydrogens (tertiary/aromatic N) is 5. The van der Waals surface area contributed by atoms with Gasteiger partial charge in [0.15, 0.2) is 0 Å². The molecule has 9 nitrogen and oxygen atoms in total. The minimum Gasteiger partial charge on any atom is -0.497 e. The Morgan fingerprint density at radius 1 is 1.42 bits per heavy atom. The molecule has 0 spiro atoms. The van der Waals surface area contributed by atoms with Crippen molar-refractivity contribution in [1.29, 1.82) is 5.26 Å². The van der Waals surface area contributed by atoms with Crippen LogP contribution in [0.25, 0.3) is 5.69 Å².